The highest BCUT2D eigenvalue weighted by Gasteiger charge is 2.13. The SMILES string of the molecule is C=CC(NN)C(=O)c1ccccc1. The number of hydrogen-bond donors (Lipinski definition) is 2. The Balaban J connectivity index is 2.84. The molecule has 0 amide bonds. The molecule has 3 nitrogen and oxygen atoms in total. The highest BCUT2D eigenvalue weighted by Crippen LogP contribution is 2.03. The zero-order valence-corrected chi connectivity index (χ0v) is 7.23. The second-order valence-electron chi connectivity index (χ2n) is 2.61. The molecule has 0 aliphatic carbocycles. The van der Waals surface area contributed by atoms with Crippen LogP contribution in [0.2, 0.25) is 0 Å². The summed E-state index contributed by atoms with van der Waals surface area (Å²) in [4.78, 5) is 11.6. The smallest absolute Gasteiger partial charge is 0.184 e. The molecule has 3 heteroatoms. The molecule has 1 atom stereocenters. The van der Waals surface area contributed by atoms with Crippen molar-refractivity contribution in [3.8, 4) is 0 Å². The molecule has 0 spiro atoms. The van der Waals surface area contributed by atoms with E-state index in [1.807, 2.05) is 18.2 Å². The Bertz CT molecular complexity index is 295. The van der Waals surface area contributed by atoms with Gasteiger partial charge >= 0.3 is 0 Å². The minimum atomic E-state index is -0.512. The number of nitrogens with two attached hydrogens (primary N) is 1. The summed E-state index contributed by atoms with van der Waals surface area (Å²) >= 11 is 0. The standard InChI is InChI=1S/C10H12N2O/c1-2-9(12-11)10(13)8-6-4-3-5-7-8/h2-7,9,12H,1,11H2. The van der Waals surface area contributed by atoms with Crippen LogP contribution in [0.5, 0.6) is 0 Å². The van der Waals surface area contributed by atoms with Gasteiger partial charge < -0.3 is 0 Å². The van der Waals surface area contributed by atoms with Gasteiger partial charge in [0.15, 0.2) is 5.78 Å². The molecule has 13 heavy (non-hydrogen) atoms. The first-order valence-electron chi connectivity index (χ1n) is 3.97. The first kappa shape index (κ1) is 9.64. The second kappa shape index (κ2) is 4.54. The number of rotatable bonds is 4. The van der Waals surface area contributed by atoms with E-state index in [9.17, 15) is 4.79 Å². The van der Waals surface area contributed by atoms with Crippen molar-refractivity contribution in [2.45, 2.75) is 6.04 Å². The lowest BCUT2D eigenvalue weighted by Crippen LogP contribution is -2.39. The lowest BCUT2D eigenvalue weighted by atomic mass is 10.1. The zero-order chi connectivity index (χ0) is 9.68. The van der Waals surface area contributed by atoms with E-state index < -0.39 is 6.04 Å². The van der Waals surface area contributed by atoms with Gasteiger partial charge in [0.05, 0.1) is 0 Å². The van der Waals surface area contributed by atoms with E-state index in [2.05, 4.69) is 12.0 Å². The number of Topliss-reactive ketones (excluding diaryl/α,β-unsaturated/α-hetero) is 1. The molecule has 0 aliphatic heterocycles. The Kier molecular flexibility index (Phi) is 3.37. The topological polar surface area (TPSA) is 55.1 Å². The maximum absolute atomic E-state index is 11.6. The summed E-state index contributed by atoms with van der Waals surface area (Å²) in [6.07, 6.45) is 1.48. The van der Waals surface area contributed by atoms with Crippen molar-refractivity contribution in [1.29, 1.82) is 0 Å². The largest absolute Gasteiger partial charge is 0.292 e. The van der Waals surface area contributed by atoms with Crippen molar-refractivity contribution in [3.63, 3.8) is 0 Å². The molecule has 0 saturated carbocycles. The summed E-state index contributed by atoms with van der Waals surface area (Å²) in [6, 6.07) is 8.46. The van der Waals surface area contributed by atoms with Gasteiger partial charge in [0.1, 0.15) is 6.04 Å². The molecule has 3 N–H and O–H groups in total. The predicted molar refractivity (Wildman–Crippen MR) is 52.1 cm³/mol. The van der Waals surface area contributed by atoms with Gasteiger partial charge in [-0.05, 0) is 0 Å². The van der Waals surface area contributed by atoms with Gasteiger partial charge in [0.25, 0.3) is 0 Å². The van der Waals surface area contributed by atoms with Gasteiger partial charge in [-0.3, -0.25) is 10.6 Å². The van der Waals surface area contributed by atoms with Gasteiger partial charge in [0.2, 0.25) is 0 Å². The van der Waals surface area contributed by atoms with Crippen molar-refractivity contribution in [2.24, 2.45) is 5.84 Å². The molecule has 68 valence electrons. The van der Waals surface area contributed by atoms with Gasteiger partial charge in [-0.15, -0.1) is 6.58 Å². The maximum atomic E-state index is 11.6. The van der Waals surface area contributed by atoms with Crippen LogP contribution < -0.4 is 11.3 Å². The van der Waals surface area contributed by atoms with Crippen molar-refractivity contribution >= 4 is 5.78 Å². The first-order valence-corrected chi connectivity index (χ1v) is 3.97. The van der Waals surface area contributed by atoms with E-state index in [-0.39, 0.29) is 5.78 Å². The Hall–Kier alpha value is -1.45. The third-order valence-corrected chi connectivity index (χ3v) is 1.76. The van der Waals surface area contributed by atoms with E-state index in [4.69, 9.17) is 5.84 Å². The normalized spacial score (nSPS) is 12.1. The minimum Gasteiger partial charge on any atom is -0.292 e. The highest BCUT2D eigenvalue weighted by molar-refractivity contribution is 6.01. The number of carbonyl (C=O) groups excluding carboxylic acids is 1. The Morgan fingerprint density at radius 1 is 1.46 bits per heavy atom. The van der Waals surface area contributed by atoms with Gasteiger partial charge in [-0.2, -0.15) is 0 Å². The van der Waals surface area contributed by atoms with Crippen LogP contribution in [-0.4, -0.2) is 11.8 Å². The van der Waals surface area contributed by atoms with Crippen LogP contribution in [0.4, 0.5) is 0 Å². The summed E-state index contributed by atoms with van der Waals surface area (Å²) in [5.74, 6) is 5.11. The number of carbonyl (C=O) groups is 1. The molecule has 1 aromatic carbocycles. The zero-order valence-electron chi connectivity index (χ0n) is 7.23. The van der Waals surface area contributed by atoms with Gasteiger partial charge in [0, 0.05) is 5.56 Å². The molecular formula is C10H12N2O. The van der Waals surface area contributed by atoms with Crippen LogP contribution in [0.1, 0.15) is 10.4 Å². The molecule has 0 aromatic heterocycles. The second-order valence-corrected chi connectivity index (χ2v) is 2.61. The molecule has 0 radical (unpaired) electrons. The Labute approximate surface area is 77.2 Å². The molecule has 0 heterocycles. The first-order chi connectivity index (χ1) is 6.29. The number of nitrogens with one attached hydrogen (secondary N) is 1. The fraction of sp³-hybridized carbons (Fsp3) is 0.100. The molecule has 0 aliphatic rings. The van der Waals surface area contributed by atoms with E-state index >= 15 is 0 Å². The summed E-state index contributed by atoms with van der Waals surface area (Å²) in [6.45, 7) is 3.52. The van der Waals surface area contributed by atoms with E-state index in [1.165, 1.54) is 6.08 Å². The molecular weight excluding hydrogens is 164 g/mol. The average Bonchev–Trinajstić information content (AvgIpc) is 2.21. The molecule has 1 unspecified atom stereocenters. The maximum Gasteiger partial charge on any atom is 0.184 e. The fourth-order valence-electron chi connectivity index (χ4n) is 1.03. The molecule has 0 fully saturated rings. The quantitative estimate of drug-likeness (QED) is 0.310. The third-order valence-electron chi connectivity index (χ3n) is 1.76. The predicted octanol–water partition coefficient (Wildman–Crippen LogP) is 0.887. The van der Waals surface area contributed by atoms with Crippen molar-refractivity contribution in [2.75, 3.05) is 0 Å². The van der Waals surface area contributed by atoms with Gasteiger partial charge in [-0.1, -0.05) is 36.4 Å². The van der Waals surface area contributed by atoms with Crippen molar-refractivity contribution < 1.29 is 4.79 Å². The highest BCUT2D eigenvalue weighted by atomic mass is 16.1. The van der Waals surface area contributed by atoms with Gasteiger partial charge in [-0.25, -0.2) is 5.43 Å². The number of benzene rings is 1. The van der Waals surface area contributed by atoms with Crippen LogP contribution >= 0.6 is 0 Å². The van der Waals surface area contributed by atoms with E-state index in [0.717, 1.165) is 0 Å². The average molecular weight is 176 g/mol. The molecule has 0 saturated heterocycles. The lowest BCUT2D eigenvalue weighted by molar-refractivity contribution is 0.0964. The van der Waals surface area contributed by atoms with Crippen LogP contribution in [-0.2, 0) is 0 Å². The number of hydrazine groups is 1. The van der Waals surface area contributed by atoms with Crippen LogP contribution in [0.25, 0.3) is 0 Å². The minimum absolute atomic E-state index is 0.0712. The van der Waals surface area contributed by atoms with Crippen LogP contribution in [0.3, 0.4) is 0 Å². The summed E-state index contributed by atoms with van der Waals surface area (Å²) in [5, 5.41) is 0. The molecule has 1 aromatic rings. The Morgan fingerprint density at radius 2 is 2.08 bits per heavy atom. The molecule has 1 rings (SSSR count). The fourth-order valence-corrected chi connectivity index (χ4v) is 1.03. The van der Waals surface area contributed by atoms with Crippen LogP contribution in [0, 0.1) is 0 Å². The van der Waals surface area contributed by atoms with E-state index in [1.54, 1.807) is 12.1 Å². The summed E-state index contributed by atoms with van der Waals surface area (Å²) in [5.41, 5.74) is 3.01. The third kappa shape index (κ3) is 2.24. The summed E-state index contributed by atoms with van der Waals surface area (Å²) in [7, 11) is 0. The van der Waals surface area contributed by atoms with Crippen LogP contribution in [0.15, 0.2) is 43.0 Å². The molecule has 0 bridgehead atoms. The Morgan fingerprint density at radius 3 is 2.54 bits per heavy atom. The monoisotopic (exact) mass is 176 g/mol. The van der Waals surface area contributed by atoms with Crippen molar-refractivity contribution in [3.05, 3.63) is 48.6 Å². The number of hydrogen-bond acceptors (Lipinski definition) is 3. The number of ketones is 1. The lowest BCUT2D eigenvalue weighted by Gasteiger charge is -2.08. The van der Waals surface area contributed by atoms with E-state index in [0.29, 0.717) is 5.56 Å². The summed E-state index contributed by atoms with van der Waals surface area (Å²) < 4.78 is 0. The van der Waals surface area contributed by atoms with Crippen molar-refractivity contribution in [1.82, 2.24) is 5.43 Å².